The van der Waals surface area contributed by atoms with Crippen LogP contribution in [0.15, 0.2) is 72.9 Å². The highest BCUT2D eigenvalue weighted by Gasteiger charge is 2.19. The van der Waals surface area contributed by atoms with Crippen LogP contribution >= 0.6 is 0 Å². The molecule has 0 aliphatic carbocycles. The van der Waals surface area contributed by atoms with Crippen molar-refractivity contribution in [1.29, 1.82) is 0 Å². The van der Waals surface area contributed by atoms with Crippen molar-refractivity contribution >= 4 is 17.9 Å². The van der Waals surface area contributed by atoms with Gasteiger partial charge in [-0.3, -0.25) is 14.4 Å². The summed E-state index contributed by atoms with van der Waals surface area (Å²) in [7, 11) is 0. The first kappa shape index (κ1) is 73.8. The Morgan fingerprint density at radius 1 is 0.273 bits per heavy atom. The molecule has 0 aliphatic heterocycles. The summed E-state index contributed by atoms with van der Waals surface area (Å²) in [6, 6.07) is 0. The Morgan fingerprint density at radius 2 is 0.506 bits per heavy atom. The van der Waals surface area contributed by atoms with Crippen molar-refractivity contribution in [3.63, 3.8) is 0 Å². The highest BCUT2D eigenvalue weighted by atomic mass is 16.6. The largest absolute Gasteiger partial charge is 0.462 e. The molecule has 1 atom stereocenters. The van der Waals surface area contributed by atoms with Crippen molar-refractivity contribution in [2.45, 2.75) is 348 Å². The van der Waals surface area contributed by atoms with Crippen LogP contribution in [-0.4, -0.2) is 37.2 Å². The van der Waals surface area contributed by atoms with Crippen LogP contribution in [0.2, 0.25) is 0 Å². The number of rotatable bonds is 61. The molecular formula is C71H126O6. The minimum absolute atomic E-state index is 0.0828. The molecule has 0 saturated heterocycles. The number of hydrogen-bond donors (Lipinski definition) is 0. The molecule has 0 spiro atoms. The molecule has 0 heterocycles. The Morgan fingerprint density at radius 3 is 0.805 bits per heavy atom. The average Bonchev–Trinajstić information content (AvgIpc) is 3.43. The Labute approximate surface area is 478 Å². The van der Waals surface area contributed by atoms with Crippen molar-refractivity contribution in [3.05, 3.63) is 72.9 Å². The number of allylic oxidation sites excluding steroid dienone is 12. The van der Waals surface area contributed by atoms with Gasteiger partial charge in [0.05, 0.1) is 0 Å². The van der Waals surface area contributed by atoms with E-state index in [9.17, 15) is 14.4 Å². The van der Waals surface area contributed by atoms with Gasteiger partial charge in [0.25, 0.3) is 0 Å². The summed E-state index contributed by atoms with van der Waals surface area (Å²) in [6.45, 7) is 6.52. The number of unbranched alkanes of at least 4 members (excludes halogenated alkanes) is 38. The minimum Gasteiger partial charge on any atom is -0.462 e. The first-order chi connectivity index (χ1) is 38.0. The highest BCUT2D eigenvalue weighted by Crippen LogP contribution is 2.17. The molecule has 0 aromatic carbocycles. The quantitative estimate of drug-likeness (QED) is 0.0261. The smallest absolute Gasteiger partial charge is 0.306 e. The van der Waals surface area contributed by atoms with E-state index in [1.54, 1.807) is 0 Å². The van der Waals surface area contributed by atoms with E-state index in [1.165, 1.54) is 205 Å². The number of carbonyl (C=O) groups excluding carboxylic acids is 3. The molecule has 0 aromatic heterocycles. The number of ether oxygens (including phenoxy) is 3. The molecule has 6 heteroatoms. The van der Waals surface area contributed by atoms with Gasteiger partial charge in [-0.2, -0.15) is 0 Å². The second-order valence-corrected chi connectivity index (χ2v) is 22.4. The molecule has 0 N–H and O–H groups in total. The van der Waals surface area contributed by atoms with Crippen LogP contribution in [0, 0.1) is 0 Å². The summed E-state index contributed by atoms with van der Waals surface area (Å²) < 4.78 is 16.9. The van der Waals surface area contributed by atoms with E-state index in [0.29, 0.717) is 19.3 Å². The Hall–Kier alpha value is -3.15. The molecule has 0 fully saturated rings. The molecule has 0 saturated carbocycles. The molecule has 0 bridgehead atoms. The predicted octanol–water partition coefficient (Wildman–Crippen LogP) is 22.9. The number of esters is 3. The standard InChI is InChI=1S/C71H126O6/c1-4-7-10-13-16-19-22-25-26-27-28-29-30-31-32-33-34-35-36-37-38-39-40-41-42-43-44-47-49-52-55-58-61-64-70(73)76-67-68(77-71(74)65-62-59-56-53-50-46-24-21-18-15-12-9-6-3)66-75-69(72)63-60-57-54-51-48-45-23-20-17-14-11-8-5-2/h9,12,18,21-22,25,27-28,30-31,46,50,68H,4-8,10-11,13-17,19-20,23-24,26,29,32-45,47-49,51-67H2,1-3H3/b12-9-,21-18-,25-22-,28-27-,31-30-,50-46-. The van der Waals surface area contributed by atoms with Gasteiger partial charge < -0.3 is 14.2 Å². The second-order valence-electron chi connectivity index (χ2n) is 22.4. The van der Waals surface area contributed by atoms with Gasteiger partial charge in [0.15, 0.2) is 6.10 Å². The zero-order valence-electron chi connectivity index (χ0n) is 51.2. The molecule has 77 heavy (non-hydrogen) atoms. The Kier molecular flexibility index (Phi) is 62.7. The molecule has 446 valence electrons. The third-order valence-corrected chi connectivity index (χ3v) is 14.7. The average molecular weight is 1080 g/mol. The molecule has 0 radical (unpaired) electrons. The zero-order valence-corrected chi connectivity index (χ0v) is 51.2. The zero-order chi connectivity index (χ0) is 55.7. The summed E-state index contributed by atoms with van der Waals surface area (Å²) in [6.07, 6.45) is 85.1. The number of hydrogen-bond acceptors (Lipinski definition) is 6. The fourth-order valence-corrected chi connectivity index (χ4v) is 9.70. The van der Waals surface area contributed by atoms with Crippen molar-refractivity contribution in [2.24, 2.45) is 0 Å². The maximum Gasteiger partial charge on any atom is 0.306 e. The third kappa shape index (κ3) is 63.6. The van der Waals surface area contributed by atoms with E-state index in [-0.39, 0.29) is 31.1 Å². The molecular weight excluding hydrogens is 949 g/mol. The molecule has 0 aromatic rings. The van der Waals surface area contributed by atoms with Crippen molar-refractivity contribution in [3.8, 4) is 0 Å². The summed E-state index contributed by atoms with van der Waals surface area (Å²) in [5, 5.41) is 0. The highest BCUT2D eigenvalue weighted by molar-refractivity contribution is 5.71. The maximum atomic E-state index is 12.8. The first-order valence-electron chi connectivity index (χ1n) is 33.4. The van der Waals surface area contributed by atoms with Crippen LogP contribution in [0.4, 0.5) is 0 Å². The van der Waals surface area contributed by atoms with Gasteiger partial charge in [-0.15, -0.1) is 0 Å². The lowest BCUT2D eigenvalue weighted by Gasteiger charge is -2.18. The van der Waals surface area contributed by atoms with Crippen molar-refractivity contribution in [1.82, 2.24) is 0 Å². The summed E-state index contributed by atoms with van der Waals surface area (Å²) in [5.74, 6) is -0.897. The maximum absolute atomic E-state index is 12.8. The molecule has 0 rings (SSSR count). The van der Waals surface area contributed by atoms with Crippen LogP contribution in [0.3, 0.4) is 0 Å². The Bertz CT molecular complexity index is 1420. The lowest BCUT2D eigenvalue weighted by atomic mass is 10.0. The summed E-state index contributed by atoms with van der Waals surface area (Å²) in [4.78, 5) is 38.2. The summed E-state index contributed by atoms with van der Waals surface area (Å²) in [5.41, 5.74) is 0. The van der Waals surface area contributed by atoms with E-state index >= 15 is 0 Å². The van der Waals surface area contributed by atoms with Crippen LogP contribution < -0.4 is 0 Å². The fraction of sp³-hybridized carbons (Fsp3) is 0.789. The van der Waals surface area contributed by atoms with Crippen LogP contribution in [-0.2, 0) is 28.6 Å². The van der Waals surface area contributed by atoms with Crippen LogP contribution in [0.1, 0.15) is 342 Å². The lowest BCUT2D eigenvalue weighted by molar-refractivity contribution is -0.167. The molecule has 1 unspecified atom stereocenters. The lowest BCUT2D eigenvalue weighted by Crippen LogP contribution is -2.30. The Balaban J connectivity index is 4.10. The molecule has 6 nitrogen and oxygen atoms in total. The topological polar surface area (TPSA) is 78.9 Å². The van der Waals surface area contributed by atoms with Crippen molar-refractivity contribution in [2.75, 3.05) is 13.2 Å². The van der Waals surface area contributed by atoms with Crippen LogP contribution in [0.5, 0.6) is 0 Å². The van der Waals surface area contributed by atoms with Gasteiger partial charge in [0.2, 0.25) is 0 Å². The number of carbonyl (C=O) groups is 3. The van der Waals surface area contributed by atoms with Gasteiger partial charge in [-0.25, -0.2) is 0 Å². The molecule has 0 aliphatic rings. The van der Waals surface area contributed by atoms with Crippen molar-refractivity contribution < 1.29 is 28.6 Å². The molecule has 0 amide bonds. The van der Waals surface area contributed by atoms with Crippen LogP contribution in [0.25, 0.3) is 0 Å². The first-order valence-corrected chi connectivity index (χ1v) is 33.4. The monoisotopic (exact) mass is 1070 g/mol. The van der Waals surface area contributed by atoms with E-state index in [4.69, 9.17) is 14.2 Å². The van der Waals surface area contributed by atoms with E-state index in [1.807, 2.05) is 0 Å². The van der Waals surface area contributed by atoms with Gasteiger partial charge in [0, 0.05) is 19.3 Å². The van der Waals surface area contributed by atoms with Gasteiger partial charge in [0.1, 0.15) is 13.2 Å². The van der Waals surface area contributed by atoms with E-state index < -0.39 is 6.10 Å². The van der Waals surface area contributed by atoms with E-state index in [2.05, 4.69) is 93.7 Å². The summed E-state index contributed by atoms with van der Waals surface area (Å²) >= 11 is 0. The minimum atomic E-state index is -0.787. The third-order valence-electron chi connectivity index (χ3n) is 14.7. The normalized spacial score (nSPS) is 12.5. The van der Waals surface area contributed by atoms with E-state index in [0.717, 1.165) is 96.3 Å². The van der Waals surface area contributed by atoms with Gasteiger partial charge >= 0.3 is 17.9 Å². The second kappa shape index (κ2) is 65.4. The SMILES string of the molecule is CC/C=C\C/C=C\C/C=C\CCCCCC(=O)OC(COC(=O)CCCCCCCCCCCCCCC)COC(=O)CCCCCCCCCCCCCCCCCCCC/C=C\C/C=C\C/C=C\CCCCCCC. The fourth-order valence-electron chi connectivity index (χ4n) is 9.70. The van der Waals surface area contributed by atoms with Gasteiger partial charge in [-0.1, -0.05) is 306 Å². The predicted molar refractivity (Wildman–Crippen MR) is 335 cm³/mol. The van der Waals surface area contributed by atoms with Gasteiger partial charge in [-0.05, 0) is 89.9 Å².